The standard InChI is InChI=1S/C11H22N2O6S2/c1-4-21(18,19)13-8(5-6-20-3)10(15)12-9(7(2)14)11(16)17/h7-9,13-14H,4-6H2,1-3H3,(H,12,15)(H,16,17)/t7-,8?,9+/m1/s1. The number of sulfonamides is 1. The SMILES string of the molecule is CCS(=O)(=O)NC(CCSC)C(=O)N[C@H](C(=O)O)[C@@H](C)O. The molecule has 0 rings (SSSR count). The summed E-state index contributed by atoms with van der Waals surface area (Å²) in [6, 6.07) is -2.55. The Morgan fingerprint density at radius 2 is 1.90 bits per heavy atom. The molecule has 10 heteroatoms. The molecule has 4 N–H and O–H groups in total. The maximum absolute atomic E-state index is 12.0. The predicted molar refractivity (Wildman–Crippen MR) is 80.6 cm³/mol. The van der Waals surface area contributed by atoms with Crippen LogP contribution in [0, 0.1) is 0 Å². The van der Waals surface area contributed by atoms with E-state index in [1.165, 1.54) is 25.6 Å². The number of amides is 1. The average Bonchev–Trinajstić information content (AvgIpc) is 2.39. The number of aliphatic hydroxyl groups is 1. The second-order valence-corrected chi connectivity index (χ2v) is 7.45. The van der Waals surface area contributed by atoms with E-state index in [1.54, 1.807) is 6.26 Å². The number of hydrogen-bond donors (Lipinski definition) is 4. The van der Waals surface area contributed by atoms with E-state index in [-0.39, 0.29) is 12.2 Å². The van der Waals surface area contributed by atoms with Crippen LogP contribution in [0.1, 0.15) is 20.3 Å². The molecule has 0 saturated carbocycles. The van der Waals surface area contributed by atoms with Crippen molar-refractivity contribution in [3.63, 3.8) is 0 Å². The molecule has 1 amide bonds. The van der Waals surface area contributed by atoms with Crippen molar-refractivity contribution in [2.75, 3.05) is 17.8 Å². The third kappa shape index (κ3) is 7.65. The van der Waals surface area contributed by atoms with Crippen molar-refractivity contribution in [2.45, 2.75) is 38.5 Å². The summed E-state index contributed by atoms with van der Waals surface area (Å²) < 4.78 is 25.4. The topological polar surface area (TPSA) is 133 Å². The summed E-state index contributed by atoms with van der Waals surface area (Å²) in [4.78, 5) is 23.0. The van der Waals surface area contributed by atoms with Crippen LogP contribution in [-0.2, 0) is 19.6 Å². The summed E-state index contributed by atoms with van der Waals surface area (Å²) in [5.41, 5.74) is 0. The third-order valence-electron chi connectivity index (χ3n) is 2.68. The lowest BCUT2D eigenvalue weighted by Crippen LogP contribution is -2.55. The van der Waals surface area contributed by atoms with Crippen LogP contribution in [0.25, 0.3) is 0 Å². The van der Waals surface area contributed by atoms with Gasteiger partial charge in [-0.25, -0.2) is 17.9 Å². The van der Waals surface area contributed by atoms with Gasteiger partial charge in [0.2, 0.25) is 15.9 Å². The fourth-order valence-corrected chi connectivity index (χ4v) is 2.72. The van der Waals surface area contributed by atoms with Crippen molar-refractivity contribution in [3.05, 3.63) is 0 Å². The van der Waals surface area contributed by atoms with E-state index in [0.29, 0.717) is 5.75 Å². The van der Waals surface area contributed by atoms with Crippen LogP contribution >= 0.6 is 11.8 Å². The van der Waals surface area contributed by atoms with Gasteiger partial charge in [-0.05, 0) is 32.3 Å². The monoisotopic (exact) mass is 342 g/mol. The molecule has 0 aliphatic rings. The van der Waals surface area contributed by atoms with Gasteiger partial charge in [-0.3, -0.25) is 4.79 Å². The van der Waals surface area contributed by atoms with Gasteiger partial charge in [-0.1, -0.05) is 0 Å². The smallest absolute Gasteiger partial charge is 0.328 e. The Kier molecular flexibility index (Phi) is 8.86. The largest absolute Gasteiger partial charge is 0.480 e. The molecule has 21 heavy (non-hydrogen) atoms. The first-order valence-electron chi connectivity index (χ1n) is 6.34. The van der Waals surface area contributed by atoms with Crippen LogP contribution < -0.4 is 10.0 Å². The maximum atomic E-state index is 12.0. The minimum Gasteiger partial charge on any atom is -0.480 e. The highest BCUT2D eigenvalue weighted by atomic mass is 32.2. The minimum atomic E-state index is -3.60. The van der Waals surface area contributed by atoms with Crippen LogP contribution in [-0.4, -0.2) is 66.5 Å². The van der Waals surface area contributed by atoms with Gasteiger partial charge >= 0.3 is 5.97 Å². The molecule has 0 aliphatic heterocycles. The van der Waals surface area contributed by atoms with Crippen molar-refractivity contribution in [3.8, 4) is 0 Å². The molecule has 0 spiro atoms. The number of thioether (sulfide) groups is 1. The van der Waals surface area contributed by atoms with Gasteiger partial charge in [0.1, 0.15) is 6.04 Å². The summed E-state index contributed by atoms with van der Waals surface area (Å²) in [7, 11) is -3.60. The zero-order valence-electron chi connectivity index (χ0n) is 12.2. The molecule has 0 aromatic heterocycles. The van der Waals surface area contributed by atoms with Crippen molar-refractivity contribution in [1.29, 1.82) is 0 Å². The van der Waals surface area contributed by atoms with Gasteiger partial charge in [-0.15, -0.1) is 0 Å². The third-order valence-corrected chi connectivity index (χ3v) is 4.72. The fourth-order valence-electron chi connectivity index (χ4n) is 1.42. The molecule has 0 radical (unpaired) electrons. The van der Waals surface area contributed by atoms with E-state index in [9.17, 15) is 23.1 Å². The molecule has 0 aromatic carbocycles. The fraction of sp³-hybridized carbons (Fsp3) is 0.818. The number of aliphatic carboxylic acids is 1. The first-order chi connectivity index (χ1) is 9.64. The van der Waals surface area contributed by atoms with E-state index in [0.717, 1.165) is 0 Å². The lowest BCUT2D eigenvalue weighted by molar-refractivity contribution is -0.145. The molecule has 0 fully saturated rings. The van der Waals surface area contributed by atoms with Crippen molar-refractivity contribution >= 4 is 33.7 Å². The number of carboxylic acids is 1. The zero-order chi connectivity index (χ0) is 16.6. The molecular formula is C11H22N2O6S2. The van der Waals surface area contributed by atoms with Crippen molar-refractivity contribution in [2.24, 2.45) is 0 Å². The predicted octanol–water partition coefficient (Wildman–Crippen LogP) is -1.00. The van der Waals surface area contributed by atoms with Crippen LogP contribution in [0.3, 0.4) is 0 Å². The highest BCUT2D eigenvalue weighted by Crippen LogP contribution is 2.04. The summed E-state index contributed by atoms with van der Waals surface area (Å²) in [5, 5.41) is 20.4. The normalized spacial score (nSPS) is 16.0. The number of hydrogen-bond acceptors (Lipinski definition) is 6. The Hall–Kier alpha value is -0.840. The maximum Gasteiger partial charge on any atom is 0.328 e. The van der Waals surface area contributed by atoms with Gasteiger partial charge in [0.25, 0.3) is 0 Å². The Morgan fingerprint density at radius 3 is 2.29 bits per heavy atom. The number of nitrogens with one attached hydrogen (secondary N) is 2. The molecule has 8 nitrogen and oxygen atoms in total. The first-order valence-corrected chi connectivity index (χ1v) is 9.39. The van der Waals surface area contributed by atoms with Crippen LogP contribution in [0.2, 0.25) is 0 Å². The Balaban J connectivity index is 4.98. The lowest BCUT2D eigenvalue weighted by Gasteiger charge is -2.22. The van der Waals surface area contributed by atoms with Crippen molar-refractivity contribution < 1.29 is 28.2 Å². The highest BCUT2D eigenvalue weighted by molar-refractivity contribution is 7.98. The second kappa shape index (κ2) is 9.23. The summed E-state index contributed by atoms with van der Waals surface area (Å²) in [5.74, 6) is -1.82. The highest BCUT2D eigenvalue weighted by Gasteiger charge is 2.30. The van der Waals surface area contributed by atoms with Gasteiger partial charge in [0.05, 0.1) is 11.9 Å². The van der Waals surface area contributed by atoms with Gasteiger partial charge in [0.15, 0.2) is 6.04 Å². The Labute approximate surface area is 128 Å². The minimum absolute atomic E-state index is 0.186. The molecule has 0 aromatic rings. The molecular weight excluding hydrogens is 320 g/mol. The van der Waals surface area contributed by atoms with E-state index >= 15 is 0 Å². The number of carbonyl (C=O) groups excluding carboxylic acids is 1. The molecule has 0 bridgehead atoms. The zero-order valence-corrected chi connectivity index (χ0v) is 13.8. The van der Waals surface area contributed by atoms with Crippen LogP contribution in [0.5, 0.6) is 0 Å². The number of rotatable bonds is 10. The first kappa shape index (κ1) is 20.2. The number of carbonyl (C=O) groups is 2. The summed E-state index contributed by atoms with van der Waals surface area (Å²) >= 11 is 1.43. The number of aliphatic hydroxyl groups excluding tert-OH is 1. The summed E-state index contributed by atoms with van der Waals surface area (Å²) in [6.45, 7) is 2.66. The number of carboxylic acid groups (broad SMARTS) is 1. The Bertz CT molecular complexity index is 452. The molecule has 1 unspecified atom stereocenters. The second-order valence-electron chi connectivity index (χ2n) is 4.42. The van der Waals surface area contributed by atoms with E-state index in [2.05, 4.69) is 10.0 Å². The van der Waals surface area contributed by atoms with Gasteiger partial charge < -0.3 is 15.5 Å². The lowest BCUT2D eigenvalue weighted by atomic mass is 10.1. The molecule has 124 valence electrons. The van der Waals surface area contributed by atoms with E-state index in [1.807, 2.05) is 0 Å². The quantitative estimate of drug-likeness (QED) is 0.400. The molecule has 0 aliphatic carbocycles. The van der Waals surface area contributed by atoms with Crippen LogP contribution in [0.15, 0.2) is 0 Å². The summed E-state index contributed by atoms with van der Waals surface area (Å²) in [6.07, 6.45) is 0.729. The molecule has 0 saturated heterocycles. The van der Waals surface area contributed by atoms with E-state index < -0.39 is 40.1 Å². The Morgan fingerprint density at radius 1 is 1.33 bits per heavy atom. The van der Waals surface area contributed by atoms with Gasteiger partial charge in [-0.2, -0.15) is 11.8 Å². The molecule has 3 atom stereocenters. The van der Waals surface area contributed by atoms with Crippen LogP contribution in [0.4, 0.5) is 0 Å². The van der Waals surface area contributed by atoms with Crippen molar-refractivity contribution in [1.82, 2.24) is 10.0 Å². The van der Waals surface area contributed by atoms with E-state index in [4.69, 9.17) is 5.11 Å². The average molecular weight is 342 g/mol. The van der Waals surface area contributed by atoms with Gasteiger partial charge in [0, 0.05) is 0 Å². The molecule has 0 heterocycles.